The van der Waals surface area contributed by atoms with Gasteiger partial charge in [-0.15, -0.1) is 0 Å². The molecule has 1 aromatic heterocycles. The summed E-state index contributed by atoms with van der Waals surface area (Å²) in [5, 5.41) is 0. The van der Waals surface area contributed by atoms with E-state index in [1.165, 1.54) is 19.5 Å². The minimum Gasteiger partial charge on any atom is -0.478 e. The molecule has 8 heteroatoms. The average Bonchev–Trinajstić information content (AvgIpc) is 2.39. The first kappa shape index (κ1) is 13.1. The second-order valence-corrected chi connectivity index (χ2v) is 4.90. The average molecular weight is 280 g/mol. The van der Waals surface area contributed by atoms with Crippen LogP contribution >= 0.6 is 0 Å². The normalized spacial score (nSPS) is 10.8. The number of benzene rings is 1. The molecule has 0 saturated heterocycles. The summed E-state index contributed by atoms with van der Waals surface area (Å²) in [7, 11) is -2.42. The van der Waals surface area contributed by atoms with Crippen LogP contribution in [0.25, 0.3) is 0 Å². The van der Waals surface area contributed by atoms with Crippen molar-refractivity contribution in [2.75, 3.05) is 16.6 Å². The van der Waals surface area contributed by atoms with E-state index in [2.05, 4.69) is 19.4 Å². The summed E-state index contributed by atoms with van der Waals surface area (Å²) in [4.78, 5) is 7.71. The molecule has 100 valence electrons. The Labute approximate surface area is 110 Å². The second-order valence-electron chi connectivity index (χ2n) is 3.49. The number of anilines is 2. The molecule has 0 atom stereocenters. The summed E-state index contributed by atoms with van der Waals surface area (Å²) in [6.45, 7) is 0. The number of ether oxygens (including phenoxy) is 1. The van der Waals surface area contributed by atoms with Crippen LogP contribution in [0.4, 0.5) is 11.5 Å². The van der Waals surface area contributed by atoms with Gasteiger partial charge in [-0.2, -0.15) is 8.42 Å². The highest BCUT2D eigenvalue weighted by Crippen LogP contribution is 2.18. The molecule has 0 spiro atoms. The number of nitrogens with one attached hydrogen (secondary N) is 2. The van der Waals surface area contributed by atoms with Crippen molar-refractivity contribution >= 4 is 21.7 Å². The Bertz CT molecular complexity index is 646. The maximum absolute atomic E-state index is 11.9. The van der Waals surface area contributed by atoms with Crippen molar-refractivity contribution in [3.05, 3.63) is 42.7 Å². The standard InChI is InChI=1S/C11H12N4O3S/c1-18-11-10(12-7-8-13-11)15-19(16,17)14-9-5-3-2-4-6-9/h2-8,14H,1H3,(H,12,15). The summed E-state index contributed by atoms with van der Waals surface area (Å²) in [6, 6.07) is 8.50. The van der Waals surface area contributed by atoms with Crippen LogP contribution in [0.3, 0.4) is 0 Å². The van der Waals surface area contributed by atoms with Crippen LogP contribution < -0.4 is 14.2 Å². The van der Waals surface area contributed by atoms with Gasteiger partial charge in [-0.05, 0) is 12.1 Å². The van der Waals surface area contributed by atoms with E-state index in [9.17, 15) is 8.42 Å². The van der Waals surface area contributed by atoms with E-state index in [4.69, 9.17) is 4.74 Å². The third kappa shape index (κ3) is 3.55. The first-order chi connectivity index (χ1) is 9.11. The Kier molecular flexibility index (Phi) is 3.81. The zero-order chi connectivity index (χ0) is 13.7. The fourth-order valence-electron chi connectivity index (χ4n) is 1.36. The van der Waals surface area contributed by atoms with Gasteiger partial charge in [0.05, 0.1) is 12.8 Å². The molecule has 0 amide bonds. The molecule has 0 fully saturated rings. The van der Waals surface area contributed by atoms with Gasteiger partial charge in [-0.3, -0.25) is 4.72 Å². The smallest absolute Gasteiger partial charge is 0.322 e. The number of rotatable bonds is 5. The van der Waals surface area contributed by atoms with Gasteiger partial charge in [0.1, 0.15) is 0 Å². The SMILES string of the molecule is COc1nccnc1NS(=O)(=O)Nc1ccccc1. The number of aromatic nitrogens is 2. The second kappa shape index (κ2) is 5.53. The van der Waals surface area contributed by atoms with Crippen LogP contribution in [0.15, 0.2) is 42.7 Å². The first-order valence-corrected chi connectivity index (χ1v) is 6.79. The Morgan fingerprint density at radius 1 is 1.05 bits per heavy atom. The van der Waals surface area contributed by atoms with Crippen LogP contribution in [-0.2, 0) is 10.2 Å². The van der Waals surface area contributed by atoms with E-state index in [1.807, 2.05) is 0 Å². The van der Waals surface area contributed by atoms with Crippen molar-refractivity contribution in [3.63, 3.8) is 0 Å². The molecule has 0 unspecified atom stereocenters. The van der Waals surface area contributed by atoms with Gasteiger partial charge in [0, 0.05) is 12.4 Å². The molecule has 0 aliphatic heterocycles. The van der Waals surface area contributed by atoms with E-state index in [0.717, 1.165) is 0 Å². The quantitative estimate of drug-likeness (QED) is 0.860. The molecular weight excluding hydrogens is 268 g/mol. The number of para-hydroxylation sites is 1. The summed E-state index contributed by atoms with van der Waals surface area (Å²) >= 11 is 0. The summed E-state index contributed by atoms with van der Waals surface area (Å²) < 4.78 is 33.3. The highest BCUT2D eigenvalue weighted by atomic mass is 32.2. The maximum Gasteiger partial charge on any atom is 0.322 e. The number of hydrogen-bond acceptors (Lipinski definition) is 5. The highest BCUT2D eigenvalue weighted by Gasteiger charge is 2.14. The van der Waals surface area contributed by atoms with E-state index < -0.39 is 10.2 Å². The van der Waals surface area contributed by atoms with Crippen molar-refractivity contribution in [2.45, 2.75) is 0 Å². The molecule has 0 aliphatic carbocycles. The number of hydrogen-bond donors (Lipinski definition) is 2. The lowest BCUT2D eigenvalue weighted by Crippen LogP contribution is -2.22. The van der Waals surface area contributed by atoms with Gasteiger partial charge in [0.25, 0.3) is 5.88 Å². The zero-order valence-corrected chi connectivity index (χ0v) is 10.9. The van der Waals surface area contributed by atoms with E-state index in [-0.39, 0.29) is 11.7 Å². The van der Waals surface area contributed by atoms with Crippen molar-refractivity contribution in [3.8, 4) is 5.88 Å². The Morgan fingerprint density at radius 3 is 2.42 bits per heavy atom. The van der Waals surface area contributed by atoms with Gasteiger partial charge in [0.15, 0.2) is 0 Å². The van der Waals surface area contributed by atoms with E-state index >= 15 is 0 Å². The number of methoxy groups -OCH3 is 1. The minimum absolute atomic E-state index is 0.0217. The van der Waals surface area contributed by atoms with E-state index in [0.29, 0.717) is 5.69 Å². The largest absolute Gasteiger partial charge is 0.478 e. The van der Waals surface area contributed by atoms with Gasteiger partial charge in [-0.1, -0.05) is 18.2 Å². The molecule has 19 heavy (non-hydrogen) atoms. The predicted octanol–water partition coefficient (Wildman–Crippen LogP) is 1.25. The molecule has 2 aromatic rings. The predicted molar refractivity (Wildman–Crippen MR) is 71.2 cm³/mol. The zero-order valence-electron chi connectivity index (χ0n) is 10.1. The maximum atomic E-state index is 11.9. The molecular formula is C11H12N4O3S. The highest BCUT2D eigenvalue weighted by molar-refractivity contribution is 7.94. The molecule has 0 saturated carbocycles. The van der Waals surface area contributed by atoms with Gasteiger partial charge < -0.3 is 4.74 Å². The van der Waals surface area contributed by atoms with Gasteiger partial charge in [0.2, 0.25) is 5.82 Å². The Morgan fingerprint density at radius 2 is 1.74 bits per heavy atom. The lowest BCUT2D eigenvalue weighted by atomic mass is 10.3. The van der Waals surface area contributed by atoms with Crippen LogP contribution in [0.2, 0.25) is 0 Å². The van der Waals surface area contributed by atoms with Gasteiger partial charge >= 0.3 is 10.2 Å². The topological polar surface area (TPSA) is 93.2 Å². The molecule has 1 aromatic carbocycles. The number of nitrogens with zero attached hydrogens (tertiary/aromatic N) is 2. The lowest BCUT2D eigenvalue weighted by Gasteiger charge is -2.11. The van der Waals surface area contributed by atoms with Crippen molar-refractivity contribution in [1.29, 1.82) is 0 Å². The third-order valence-electron chi connectivity index (χ3n) is 2.12. The summed E-state index contributed by atoms with van der Waals surface area (Å²) in [6.07, 6.45) is 2.77. The monoisotopic (exact) mass is 280 g/mol. The van der Waals surface area contributed by atoms with Crippen molar-refractivity contribution in [1.82, 2.24) is 9.97 Å². The van der Waals surface area contributed by atoms with Crippen LogP contribution in [0, 0.1) is 0 Å². The molecule has 1 heterocycles. The fourth-order valence-corrected chi connectivity index (χ4v) is 2.25. The van der Waals surface area contributed by atoms with Crippen LogP contribution in [-0.4, -0.2) is 25.5 Å². The van der Waals surface area contributed by atoms with Crippen LogP contribution in [0.1, 0.15) is 0 Å². The lowest BCUT2D eigenvalue weighted by molar-refractivity contribution is 0.398. The molecule has 0 bridgehead atoms. The van der Waals surface area contributed by atoms with E-state index in [1.54, 1.807) is 30.3 Å². The van der Waals surface area contributed by atoms with Gasteiger partial charge in [-0.25, -0.2) is 14.7 Å². The molecule has 2 rings (SSSR count). The Hall–Kier alpha value is -2.35. The van der Waals surface area contributed by atoms with Crippen molar-refractivity contribution in [2.24, 2.45) is 0 Å². The minimum atomic E-state index is -3.80. The molecule has 0 aliphatic rings. The first-order valence-electron chi connectivity index (χ1n) is 5.31. The molecule has 0 radical (unpaired) electrons. The van der Waals surface area contributed by atoms with Crippen molar-refractivity contribution < 1.29 is 13.2 Å². The van der Waals surface area contributed by atoms with Crippen LogP contribution in [0.5, 0.6) is 5.88 Å². The third-order valence-corrected chi connectivity index (χ3v) is 3.08. The Balaban J connectivity index is 2.18. The summed E-state index contributed by atoms with van der Waals surface area (Å²) in [5.41, 5.74) is 0.442. The fraction of sp³-hybridized carbons (Fsp3) is 0.0909. The molecule has 7 nitrogen and oxygen atoms in total. The molecule has 2 N–H and O–H groups in total. The summed E-state index contributed by atoms with van der Waals surface area (Å²) in [5.74, 6) is 0.120.